The lowest BCUT2D eigenvalue weighted by Gasteiger charge is -2.28. The molecule has 0 saturated carbocycles. The molecular weight excluding hydrogens is 446 g/mol. The third-order valence-corrected chi connectivity index (χ3v) is 6.54. The smallest absolute Gasteiger partial charge is 0.222 e. The number of piperidine rings is 1. The van der Waals surface area contributed by atoms with Gasteiger partial charge in [0.15, 0.2) is 0 Å². The summed E-state index contributed by atoms with van der Waals surface area (Å²) in [5, 5.41) is 11.0. The Bertz CT molecular complexity index is 1180. The number of allylic oxidation sites excluding steroid dienone is 1. The summed E-state index contributed by atoms with van der Waals surface area (Å²) < 4.78 is 1.86. The predicted molar refractivity (Wildman–Crippen MR) is 152 cm³/mol. The van der Waals surface area contributed by atoms with Crippen LogP contribution in [0.2, 0.25) is 0 Å². The average molecular weight is 490 g/mol. The maximum atomic E-state index is 4.66. The van der Waals surface area contributed by atoms with Crippen molar-refractivity contribution in [2.75, 3.05) is 39.0 Å². The molecule has 3 aromatic rings. The Labute approximate surface area is 216 Å². The lowest BCUT2D eigenvalue weighted by molar-refractivity contribution is 0.240. The molecule has 0 radical (unpaired) electrons. The molecule has 1 aliphatic heterocycles. The third-order valence-electron chi connectivity index (χ3n) is 6.54. The highest BCUT2D eigenvalue weighted by Crippen LogP contribution is 2.27. The Morgan fingerprint density at radius 2 is 1.94 bits per heavy atom. The number of hydrogen-bond donors (Lipinski definition) is 2. The standard InChI is InChI=1S/C22H27N5.C7H16N2/c1-7-16-12-25-27-10-9-17(11-20(16)27)18(8-2)19-13-23-21(26-15(19)3)24-14-22(4,5)6;1-8-7-3-5-9(2)6-4-7/h7-13H,1,14H2,2-6H3,(H,23,24,26);7-8H,3-6H2,1-2H3/b18-8-;. The van der Waals surface area contributed by atoms with E-state index in [0.29, 0.717) is 5.95 Å². The van der Waals surface area contributed by atoms with Gasteiger partial charge in [-0.25, -0.2) is 14.5 Å². The second kappa shape index (κ2) is 12.3. The molecule has 0 bridgehead atoms. The van der Waals surface area contributed by atoms with Crippen molar-refractivity contribution in [3.8, 4) is 0 Å². The average Bonchev–Trinajstić information content (AvgIpc) is 3.27. The van der Waals surface area contributed by atoms with Crippen molar-refractivity contribution in [1.82, 2.24) is 29.8 Å². The van der Waals surface area contributed by atoms with Crippen molar-refractivity contribution in [3.63, 3.8) is 0 Å². The van der Waals surface area contributed by atoms with Gasteiger partial charge in [0.1, 0.15) is 0 Å². The third kappa shape index (κ3) is 7.24. The molecule has 1 aliphatic rings. The summed E-state index contributed by atoms with van der Waals surface area (Å²) >= 11 is 0. The summed E-state index contributed by atoms with van der Waals surface area (Å²) in [6, 6.07) is 4.97. The molecule has 2 N–H and O–H groups in total. The van der Waals surface area contributed by atoms with Gasteiger partial charge in [0.25, 0.3) is 0 Å². The van der Waals surface area contributed by atoms with Gasteiger partial charge in [-0.3, -0.25) is 0 Å². The first kappa shape index (κ1) is 27.6. The first-order valence-electron chi connectivity index (χ1n) is 12.9. The van der Waals surface area contributed by atoms with E-state index < -0.39 is 0 Å². The Morgan fingerprint density at radius 1 is 1.22 bits per heavy atom. The molecule has 3 aromatic heterocycles. The highest BCUT2D eigenvalue weighted by atomic mass is 15.2. The second-order valence-electron chi connectivity index (χ2n) is 10.7. The van der Waals surface area contributed by atoms with Crippen molar-refractivity contribution in [2.24, 2.45) is 5.41 Å². The van der Waals surface area contributed by atoms with Crippen LogP contribution < -0.4 is 10.6 Å². The molecule has 1 saturated heterocycles. The fraction of sp³-hybridized carbons (Fsp3) is 0.483. The Hall–Kier alpha value is -3.03. The van der Waals surface area contributed by atoms with Gasteiger partial charge in [0.05, 0.1) is 17.4 Å². The quantitative estimate of drug-likeness (QED) is 0.491. The lowest BCUT2D eigenvalue weighted by Crippen LogP contribution is -2.39. The summed E-state index contributed by atoms with van der Waals surface area (Å²) in [5.74, 6) is 0.668. The minimum absolute atomic E-state index is 0.175. The van der Waals surface area contributed by atoms with Crippen LogP contribution in [0.25, 0.3) is 17.2 Å². The normalized spacial score (nSPS) is 15.5. The zero-order valence-corrected chi connectivity index (χ0v) is 23.1. The Balaban J connectivity index is 0.000000338. The predicted octanol–water partition coefficient (Wildman–Crippen LogP) is 5.29. The second-order valence-corrected chi connectivity index (χ2v) is 10.7. The fourth-order valence-electron chi connectivity index (χ4n) is 4.26. The molecule has 7 heteroatoms. The first-order chi connectivity index (χ1) is 17.1. The SMILES string of the molecule is C=Cc1cnn2ccc(/C(=C/C)c3cnc(NCC(C)(C)C)nc3C)cc12.CNC1CCN(C)CC1. The minimum Gasteiger partial charge on any atom is -0.354 e. The molecule has 4 rings (SSSR count). The Kier molecular flexibility index (Phi) is 9.40. The maximum absolute atomic E-state index is 4.66. The van der Waals surface area contributed by atoms with Crippen LogP contribution >= 0.6 is 0 Å². The molecule has 4 heterocycles. The van der Waals surface area contributed by atoms with Crippen LogP contribution in [-0.4, -0.2) is 64.3 Å². The van der Waals surface area contributed by atoms with Crippen LogP contribution in [0.4, 0.5) is 5.95 Å². The molecule has 0 unspecified atom stereocenters. The van der Waals surface area contributed by atoms with Crippen molar-refractivity contribution in [3.05, 3.63) is 65.8 Å². The van der Waals surface area contributed by atoms with E-state index in [1.807, 2.05) is 43.0 Å². The van der Waals surface area contributed by atoms with Crippen LogP contribution in [0.5, 0.6) is 0 Å². The molecule has 0 aromatic carbocycles. The fourth-order valence-corrected chi connectivity index (χ4v) is 4.26. The summed E-state index contributed by atoms with van der Waals surface area (Å²) in [4.78, 5) is 11.6. The number of anilines is 1. The van der Waals surface area contributed by atoms with Gasteiger partial charge in [0.2, 0.25) is 5.95 Å². The largest absolute Gasteiger partial charge is 0.354 e. The molecule has 0 spiro atoms. The zero-order valence-electron chi connectivity index (χ0n) is 23.1. The van der Waals surface area contributed by atoms with Crippen LogP contribution in [0, 0.1) is 12.3 Å². The van der Waals surface area contributed by atoms with Gasteiger partial charge in [-0.05, 0) is 82.6 Å². The molecule has 0 amide bonds. The summed E-state index contributed by atoms with van der Waals surface area (Å²) in [5.41, 5.74) is 6.42. The van der Waals surface area contributed by atoms with Crippen molar-refractivity contribution >= 4 is 23.1 Å². The number of nitrogens with zero attached hydrogens (tertiary/aromatic N) is 5. The summed E-state index contributed by atoms with van der Waals surface area (Å²) in [7, 11) is 4.24. The lowest BCUT2D eigenvalue weighted by atomic mass is 9.97. The van der Waals surface area contributed by atoms with E-state index >= 15 is 0 Å². The van der Waals surface area contributed by atoms with Crippen molar-refractivity contribution in [2.45, 2.75) is 53.5 Å². The number of aryl methyl sites for hydroxylation is 1. The van der Waals surface area contributed by atoms with E-state index in [9.17, 15) is 0 Å². The van der Waals surface area contributed by atoms with E-state index in [2.05, 4.69) is 90.3 Å². The Morgan fingerprint density at radius 3 is 2.53 bits per heavy atom. The highest BCUT2D eigenvalue weighted by molar-refractivity contribution is 5.83. The monoisotopic (exact) mass is 489 g/mol. The molecule has 36 heavy (non-hydrogen) atoms. The van der Waals surface area contributed by atoms with Gasteiger partial charge in [-0.1, -0.05) is 39.5 Å². The van der Waals surface area contributed by atoms with Gasteiger partial charge >= 0.3 is 0 Å². The molecular formula is C29H43N7. The van der Waals surface area contributed by atoms with E-state index in [0.717, 1.165) is 46.1 Å². The van der Waals surface area contributed by atoms with E-state index in [1.165, 1.54) is 25.9 Å². The van der Waals surface area contributed by atoms with E-state index in [4.69, 9.17) is 0 Å². The van der Waals surface area contributed by atoms with Crippen LogP contribution in [0.15, 0.2) is 43.4 Å². The van der Waals surface area contributed by atoms with Gasteiger partial charge in [-0.15, -0.1) is 0 Å². The molecule has 194 valence electrons. The number of hydrogen-bond acceptors (Lipinski definition) is 6. The van der Waals surface area contributed by atoms with Crippen molar-refractivity contribution in [1.29, 1.82) is 0 Å². The molecule has 7 nitrogen and oxygen atoms in total. The molecule has 0 aliphatic carbocycles. The maximum Gasteiger partial charge on any atom is 0.222 e. The minimum atomic E-state index is 0.175. The van der Waals surface area contributed by atoms with Gasteiger partial charge in [-0.2, -0.15) is 5.10 Å². The van der Waals surface area contributed by atoms with Crippen LogP contribution in [0.1, 0.15) is 62.9 Å². The van der Waals surface area contributed by atoms with Crippen LogP contribution in [0.3, 0.4) is 0 Å². The van der Waals surface area contributed by atoms with Gasteiger partial charge < -0.3 is 15.5 Å². The topological polar surface area (TPSA) is 70.4 Å². The number of fused-ring (bicyclic) bond motifs is 1. The highest BCUT2D eigenvalue weighted by Gasteiger charge is 2.15. The first-order valence-corrected chi connectivity index (χ1v) is 12.9. The van der Waals surface area contributed by atoms with Crippen LogP contribution in [-0.2, 0) is 0 Å². The number of nitrogens with one attached hydrogen (secondary N) is 2. The summed E-state index contributed by atoms with van der Waals surface area (Å²) in [6.45, 7) is 17.8. The number of aromatic nitrogens is 4. The molecule has 0 atom stereocenters. The van der Waals surface area contributed by atoms with E-state index in [-0.39, 0.29) is 5.41 Å². The number of rotatable bonds is 6. The summed E-state index contributed by atoms with van der Waals surface area (Å²) in [6.07, 6.45) is 12.2. The van der Waals surface area contributed by atoms with E-state index in [1.54, 1.807) is 0 Å². The van der Waals surface area contributed by atoms with Crippen molar-refractivity contribution < 1.29 is 0 Å². The zero-order chi connectivity index (χ0) is 26.3. The number of likely N-dealkylation sites (tertiary alicyclic amines) is 1. The van der Waals surface area contributed by atoms with Gasteiger partial charge in [0, 0.05) is 36.1 Å². The number of pyridine rings is 1. The molecule has 1 fully saturated rings.